The van der Waals surface area contributed by atoms with Crippen LogP contribution < -0.4 is 4.90 Å². The van der Waals surface area contributed by atoms with Crippen molar-refractivity contribution in [3.63, 3.8) is 0 Å². The molecule has 0 heterocycles. The second-order valence-corrected chi connectivity index (χ2v) is 14.1. The monoisotopic (exact) mass is 687 g/mol. The first kappa shape index (κ1) is 31.7. The molecule has 0 fully saturated rings. The minimum absolute atomic E-state index is 0.521. The summed E-state index contributed by atoms with van der Waals surface area (Å²) < 4.78 is 0. The van der Waals surface area contributed by atoms with Crippen molar-refractivity contribution in [3.05, 3.63) is 247 Å². The van der Waals surface area contributed by atoms with Gasteiger partial charge in [0.25, 0.3) is 0 Å². The van der Waals surface area contributed by atoms with E-state index in [2.05, 4.69) is 229 Å². The third-order valence-corrected chi connectivity index (χ3v) is 11.1. The summed E-state index contributed by atoms with van der Waals surface area (Å²) in [6.45, 7) is 0. The van der Waals surface area contributed by atoms with E-state index in [4.69, 9.17) is 0 Å². The summed E-state index contributed by atoms with van der Waals surface area (Å²) in [5.74, 6) is 0. The molecule has 0 bridgehead atoms. The third-order valence-electron chi connectivity index (χ3n) is 11.1. The molecular formula is C53H37N. The standard InChI is InChI=1S/C53H37N/c1-5-15-38(16-6-1)40-25-30-45(31-26-40)54(46-32-27-41(28-33-46)39-17-7-2-8-18-39)47-34-35-49-51(37-47)53(43-20-9-3-10-21-43,44-22-11-4-12-23-44)50-36-29-42-19-13-14-24-48(42)52(49)50/h1-37H. The van der Waals surface area contributed by atoms with E-state index in [0.29, 0.717) is 0 Å². The van der Waals surface area contributed by atoms with E-state index < -0.39 is 5.41 Å². The molecule has 9 aromatic rings. The van der Waals surface area contributed by atoms with Crippen molar-refractivity contribution in [1.29, 1.82) is 0 Å². The lowest BCUT2D eigenvalue weighted by atomic mass is 9.67. The molecule has 0 amide bonds. The van der Waals surface area contributed by atoms with Gasteiger partial charge in [-0.15, -0.1) is 0 Å². The highest BCUT2D eigenvalue weighted by Gasteiger charge is 2.47. The number of hydrogen-bond donors (Lipinski definition) is 0. The van der Waals surface area contributed by atoms with Crippen molar-refractivity contribution in [2.45, 2.75) is 5.41 Å². The minimum Gasteiger partial charge on any atom is -0.310 e. The Labute approximate surface area is 317 Å². The predicted molar refractivity (Wildman–Crippen MR) is 227 cm³/mol. The van der Waals surface area contributed by atoms with Gasteiger partial charge < -0.3 is 4.90 Å². The lowest BCUT2D eigenvalue weighted by Crippen LogP contribution is -2.28. The maximum atomic E-state index is 2.46. The second-order valence-electron chi connectivity index (χ2n) is 14.1. The molecule has 0 aliphatic heterocycles. The highest BCUT2D eigenvalue weighted by molar-refractivity contribution is 6.04. The van der Waals surface area contributed by atoms with Crippen molar-refractivity contribution < 1.29 is 0 Å². The zero-order chi connectivity index (χ0) is 35.9. The van der Waals surface area contributed by atoms with Gasteiger partial charge in [-0.3, -0.25) is 0 Å². The highest BCUT2D eigenvalue weighted by atomic mass is 15.1. The molecule has 0 radical (unpaired) electrons. The maximum Gasteiger partial charge on any atom is 0.0714 e. The van der Waals surface area contributed by atoms with Crippen molar-refractivity contribution in [2.75, 3.05) is 4.90 Å². The van der Waals surface area contributed by atoms with Crippen LogP contribution in [0.3, 0.4) is 0 Å². The lowest BCUT2D eigenvalue weighted by molar-refractivity contribution is 0.769. The average molecular weight is 688 g/mol. The smallest absolute Gasteiger partial charge is 0.0714 e. The largest absolute Gasteiger partial charge is 0.310 e. The van der Waals surface area contributed by atoms with Gasteiger partial charge in [0, 0.05) is 17.1 Å². The van der Waals surface area contributed by atoms with Gasteiger partial charge in [-0.1, -0.05) is 188 Å². The Morgan fingerprint density at radius 2 is 0.759 bits per heavy atom. The van der Waals surface area contributed by atoms with Gasteiger partial charge >= 0.3 is 0 Å². The van der Waals surface area contributed by atoms with E-state index in [0.717, 1.165) is 17.1 Å². The summed E-state index contributed by atoms with van der Waals surface area (Å²) in [4.78, 5) is 2.41. The van der Waals surface area contributed by atoms with Gasteiger partial charge in [0.2, 0.25) is 0 Å². The van der Waals surface area contributed by atoms with Crippen molar-refractivity contribution >= 4 is 27.8 Å². The SMILES string of the molecule is c1ccc(-c2ccc(N(c3ccc(-c4ccccc4)cc3)c3ccc4c(c3)C(c3ccccc3)(c3ccccc3)c3ccc5ccccc5c3-4)cc2)cc1. The molecule has 1 aliphatic rings. The number of benzene rings is 9. The summed E-state index contributed by atoms with van der Waals surface area (Å²) in [5.41, 5.74) is 15.3. The molecule has 254 valence electrons. The highest BCUT2D eigenvalue weighted by Crippen LogP contribution is 2.58. The molecular weight excluding hydrogens is 651 g/mol. The number of hydrogen-bond acceptors (Lipinski definition) is 1. The molecule has 9 aromatic carbocycles. The first-order valence-corrected chi connectivity index (χ1v) is 18.7. The van der Waals surface area contributed by atoms with E-state index in [9.17, 15) is 0 Å². The maximum absolute atomic E-state index is 2.46. The molecule has 0 saturated carbocycles. The molecule has 54 heavy (non-hydrogen) atoms. The Hall–Kier alpha value is -6.96. The molecule has 1 nitrogen and oxygen atoms in total. The number of fused-ring (bicyclic) bond motifs is 5. The van der Waals surface area contributed by atoms with Crippen LogP contribution in [0.2, 0.25) is 0 Å². The molecule has 0 saturated heterocycles. The predicted octanol–water partition coefficient (Wildman–Crippen LogP) is 14.0. The van der Waals surface area contributed by atoms with Crippen molar-refractivity contribution in [1.82, 2.24) is 0 Å². The average Bonchev–Trinajstić information content (AvgIpc) is 3.56. The van der Waals surface area contributed by atoms with Gasteiger partial charge in [-0.2, -0.15) is 0 Å². The van der Waals surface area contributed by atoms with Gasteiger partial charge in [0.1, 0.15) is 0 Å². The zero-order valence-electron chi connectivity index (χ0n) is 29.8. The van der Waals surface area contributed by atoms with Crippen LogP contribution >= 0.6 is 0 Å². The van der Waals surface area contributed by atoms with Gasteiger partial charge in [-0.25, -0.2) is 0 Å². The quantitative estimate of drug-likeness (QED) is 0.161. The fourth-order valence-corrected chi connectivity index (χ4v) is 8.70. The van der Waals surface area contributed by atoms with E-state index >= 15 is 0 Å². The Balaban J connectivity index is 1.22. The lowest BCUT2D eigenvalue weighted by Gasteiger charge is -2.35. The Morgan fingerprint density at radius 3 is 1.30 bits per heavy atom. The molecule has 0 aromatic heterocycles. The summed E-state index contributed by atoms with van der Waals surface area (Å²) in [5, 5.41) is 2.53. The number of nitrogens with zero attached hydrogens (tertiary/aromatic N) is 1. The molecule has 1 heteroatoms. The number of rotatable bonds is 7. The van der Waals surface area contributed by atoms with Crippen LogP contribution in [0, 0.1) is 0 Å². The molecule has 0 unspecified atom stereocenters. The minimum atomic E-state index is -0.521. The van der Waals surface area contributed by atoms with E-state index in [-0.39, 0.29) is 0 Å². The van der Waals surface area contributed by atoms with E-state index in [1.165, 1.54) is 66.4 Å². The van der Waals surface area contributed by atoms with Crippen LogP contribution in [0.15, 0.2) is 224 Å². The van der Waals surface area contributed by atoms with Crippen LogP contribution in [0.25, 0.3) is 44.2 Å². The Bertz CT molecular complexity index is 2600. The van der Waals surface area contributed by atoms with Gasteiger partial charge in [0.15, 0.2) is 0 Å². The summed E-state index contributed by atoms with van der Waals surface area (Å²) in [6, 6.07) is 82.0. The summed E-state index contributed by atoms with van der Waals surface area (Å²) >= 11 is 0. The van der Waals surface area contributed by atoms with Gasteiger partial charge in [-0.05, 0) is 103 Å². The topological polar surface area (TPSA) is 3.24 Å². The number of anilines is 3. The van der Waals surface area contributed by atoms with Crippen LogP contribution in [-0.4, -0.2) is 0 Å². The molecule has 0 N–H and O–H groups in total. The van der Waals surface area contributed by atoms with E-state index in [1.807, 2.05) is 0 Å². The summed E-state index contributed by atoms with van der Waals surface area (Å²) in [6.07, 6.45) is 0. The third kappa shape index (κ3) is 5.17. The molecule has 0 spiro atoms. The Kier molecular flexibility index (Phi) is 7.78. The first-order valence-electron chi connectivity index (χ1n) is 18.7. The molecule has 10 rings (SSSR count). The van der Waals surface area contributed by atoms with Gasteiger partial charge in [0.05, 0.1) is 5.41 Å². The normalized spacial score (nSPS) is 12.6. The van der Waals surface area contributed by atoms with E-state index in [1.54, 1.807) is 0 Å². The molecule has 1 aliphatic carbocycles. The van der Waals surface area contributed by atoms with Crippen LogP contribution in [0.4, 0.5) is 17.1 Å². The second kappa shape index (κ2) is 13.2. The van der Waals surface area contributed by atoms with Crippen LogP contribution in [-0.2, 0) is 5.41 Å². The fourth-order valence-electron chi connectivity index (χ4n) is 8.70. The van der Waals surface area contributed by atoms with Crippen LogP contribution in [0.1, 0.15) is 22.3 Å². The van der Waals surface area contributed by atoms with Crippen molar-refractivity contribution in [2.24, 2.45) is 0 Å². The first-order chi connectivity index (χ1) is 26.8. The van der Waals surface area contributed by atoms with Crippen LogP contribution in [0.5, 0.6) is 0 Å². The Morgan fingerprint density at radius 1 is 0.315 bits per heavy atom. The zero-order valence-corrected chi connectivity index (χ0v) is 29.8. The fraction of sp³-hybridized carbons (Fsp3) is 0.0189. The summed E-state index contributed by atoms with van der Waals surface area (Å²) in [7, 11) is 0. The molecule has 0 atom stereocenters. The van der Waals surface area contributed by atoms with Crippen molar-refractivity contribution in [3.8, 4) is 33.4 Å².